The van der Waals surface area contributed by atoms with E-state index in [4.69, 9.17) is 4.42 Å². The van der Waals surface area contributed by atoms with Crippen molar-refractivity contribution in [2.75, 3.05) is 13.1 Å². The van der Waals surface area contributed by atoms with Gasteiger partial charge in [-0.05, 0) is 37.3 Å². The highest BCUT2D eigenvalue weighted by Crippen LogP contribution is 2.30. The fourth-order valence-electron chi connectivity index (χ4n) is 2.21. The van der Waals surface area contributed by atoms with Crippen LogP contribution in [0.15, 0.2) is 28.2 Å². The number of aromatic nitrogens is 1. The van der Waals surface area contributed by atoms with Gasteiger partial charge >= 0.3 is 0 Å². The summed E-state index contributed by atoms with van der Waals surface area (Å²) in [7, 11) is 0. The molecule has 0 saturated heterocycles. The SMILES string of the molecule is CCCN(CC1CC1)C(=O)c1csc(-c2ccco2)n1. The van der Waals surface area contributed by atoms with E-state index in [2.05, 4.69) is 11.9 Å². The van der Waals surface area contributed by atoms with Crippen LogP contribution in [0.1, 0.15) is 36.7 Å². The van der Waals surface area contributed by atoms with Gasteiger partial charge in [-0.1, -0.05) is 6.92 Å². The Hall–Kier alpha value is -1.62. The van der Waals surface area contributed by atoms with E-state index in [1.165, 1.54) is 24.2 Å². The number of rotatable bonds is 6. The minimum atomic E-state index is 0.0489. The van der Waals surface area contributed by atoms with Crippen LogP contribution in [0.4, 0.5) is 0 Å². The van der Waals surface area contributed by atoms with Gasteiger partial charge in [0.05, 0.1) is 6.26 Å². The topological polar surface area (TPSA) is 46.3 Å². The molecule has 106 valence electrons. The number of nitrogens with zero attached hydrogens (tertiary/aromatic N) is 2. The molecule has 1 saturated carbocycles. The summed E-state index contributed by atoms with van der Waals surface area (Å²) in [5.41, 5.74) is 0.538. The highest BCUT2D eigenvalue weighted by molar-refractivity contribution is 7.13. The number of hydrogen-bond donors (Lipinski definition) is 0. The molecule has 3 rings (SSSR count). The van der Waals surface area contributed by atoms with Crippen molar-refractivity contribution in [1.82, 2.24) is 9.88 Å². The van der Waals surface area contributed by atoms with Gasteiger partial charge in [-0.25, -0.2) is 4.98 Å². The maximum atomic E-state index is 12.5. The Morgan fingerprint density at radius 2 is 2.40 bits per heavy atom. The van der Waals surface area contributed by atoms with E-state index < -0.39 is 0 Å². The Labute approximate surface area is 122 Å². The number of hydrogen-bond acceptors (Lipinski definition) is 4. The Morgan fingerprint density at radius 1 is 1.55 bits per heavy atom. The van der Waals surface area contributed by atoms with E-state index in [0.29, 0.717) is 11.6 Å². The first kappa shape index (κ1) is 13.4. The second kappa shape index (κ2) is 5.79. The Bertz CT molecular complexity index is 572. The van der Waals surface area contributed by atoms with Crippen molar-refractivity contribution < 1.29 is 9.21 Å². The molecule has 0 bridgehead atoms. The quantitative estimate of drug-likeness (QED) is 0.815. The van der Waals surface area contributed by atoms with Crippen molar-refractivity contribution in [2.24, 2.45) is 5.92 Å². The predicted octanol–water partition coefficient (Wildman–Crippen LogP) is 3.67. The lowest BCUT2D eigenvalue weighted by Gasteiger charge is -2.20. The van der Waals surface area contributed by atoms with Crippen LogP contribution in [0.25, 0.3) is 10.8 Å². The molecule has 1 fully saturated rings. The zero-order valence-electron chi connectivity index (χ0n) is 11.5. The molecule has 0 spiro atoms. The monoisotopic (exact) mass is 290 g/mol. The van der Waals surface area contributed by atoms with Gasteiger partial charge in [0.15, 0.2) is 10.8 Å². The third-order valence-electron chi connectivity index (χ3n) is 3.41. The van der Waals surface area contributed by atoms with Gasteiger partial charge in [-0.15, -0.1) is 11.3 Å². The molecule has 1 aliphatic rings. The standard InChI is InChI=1S/C15H18N2O2S/c1-2-7-17(9-11-5-6-11)15(18)12-10-20-14(16-12)13-4-3-8-19-13/h3-4,8,10-11H,2,5-7,9H2,1H3. The molecule has 0 atom stereocenters. The maximum Gasteiger partial charge on any atom is 0.273 e. The van der Waals surface area contributed by atoms with Crippen LogP contribution in [0.5, 0.6) is 0 Å². The summed E-state index contributed by atoms with van der Waals surface area (Å²) in [6, 6.07) is 3.69. The summed E-state index contributed by atoms with van der Waals surface area (Å²) >= 11 is 1.45. The number of furan rings is 1. The second-order valence-electron chi connectivity index (χ2n) is 5.21. The summed E-state index contributed by atoms with van der Waals surface area (Å²) in [4.78, 5) is 18.9. The molecular formula is C15H18N2O2S. The molecule has 0 N–H and O–H groups in total. The van der Waals surface area contributed by atoms with E-state index in [1.807, 2.05) is 22.4 Å². The zero-order chi connectivity index (χ0) is 13.9. The molecule has 20 heavy (non-hydrogen) atoms. The first-order valence-electron chi connectivity index (χ1n) is 7.06. The van der Waals surface area contributed by atoms with Crippen LogP contribution in [-0.4, -0.2) is 28.9 Å². The molecule has 0 unspecified atom stereocenters. The van der Waals surface area contributed by atoms with Crippen molar-refractivity contribution in [3.05, 3.63) is 29.5 Å². The second-order valence-corrected chi connectivity index (χ2v) is 6.07. The van der Waals surface area contributed by atoms with E-state index in [-0.39, 0.29) is 5.91 Å². The number of carbonyl (C=O) groups is 1. The largest absolute Gasteiger partial charge is 0.462 e. The third-order valence-corrected chi connectivity index (χ3v) is 4.27. The Kier molecular flexibility index (Phi) is 3.87. The molecule has 2 aromatic rings. The van der Waals surface area contributed by atoms with Gasteiger partial charge in [-0.2, -0.15) is 0 Å². The molecule has 1 amide bonds. The minimum Gasteiger partial charge on any atom is -0.462 e. The van der Waals surface area contributed by atoms with Gasteiger partial charge < -0.3 is 9.32 Å². The smallest absolute Gasteiger partial charge is 0.273 e. The molecule has 1 aliphatic carbocycles. The highest BCUT2D eigenvalue weighted by Gasteiger charge is 2.27. The van der Waals surface area contributed by atoms with Crippen LogP contribution >= 0.6 is 11.3 Å². The lowest BCUT2D eigenvalue weighted by molar-refractivity contribution is 0.0742. The van der Waals surface area contributed by atoms with Crippen molar-refractivity contribution in [3.63, 3.8) is 0 Å². The van der Waals surface area contributed by atoms with Gasteiger partial charge in [0.2, 0.25) is 0 Å². The molecule has 5 heteroatoms. The third kappa shape index (κ3) is 2.93. The Morgan fingerprint density at radius 3 is 3.05 bits per heavy atom. The van der Waals surface area contributed by atoms with Crippen LogP contribution in [0.2, 0.25) is 0 Å². The fourth-order valence-corrected chi connectivity index (χ4v) is 2.97. The van der Waals surface area contributed by atoms with Crippen LogP contribution < -0.4 is 0 Å². The minimum absolute atomic E-state index is 0.0489. The first-order chi connectivity index (χ1) is 9.78. The van der Waals surface area contributed by atoms with Crippen LogP contribution in [0.3, 0.4) is 0 Å². The molecule has 4 nitrogen and oxygen atoms in total. The van der Waals surface area contributed by atoms with Crippen molar-refractivity contribution in [1.29, 1.82) is 0 Å². The number of carbonyl (C=O) groups excluding carboxylic acids is 1. The van der Waals surface area contributed by atoms with Gasteiger partial charge in [0.1, 0.15) is 5.69 Å². The maximum absolute atomic E-state index is 12.5. The van der Waals surface area contributed by atoms with Gasteiger partial charge in [0, 0.05) is 18.5 Å². The van der Waals surface area contributed by atoms with Gasteiger partial charge in [-0.3, -0.25) is 4.79 Å². The van der Waals surface area contributed by atoms with Crippen molar-refractivity contribution >= 4 is 17.2 Å². The average Bonchev–Trinajstić information content (AvgIpc) is 2.97. The summed E-state index contributed by atoms with van der Waals surface area (Å²) in [6.07, 6.45) is 5.10. The summed E-state index contributed by atoms with van der Waals surface area (Å²) < 4.78 is 5.32. The van der Waals surface area contributed by atoms with E-state index in [9.17, 15) is 4.79 Å². The summed E-state index contributed by atoms with van der Waals surface area (Å²) in [6.45, 7) is 3.78. The molecule has 2 heterocycles. The van der Waals surface area contributed by atoms with E-state index in [1.54, 1.807) is 6.26 Å². The van der Waals surface area contributed by atoms with E-state index in [0.717, 1.165) is 30.3 Å². The average molecular weight is 290 g/mol. The van der Waals surface area contributed by atoms with Gasteiger partial charge in [0.25, 0.3) is 5.91 Å². The molecule has 2 aromatic heterocycles. The Balaban J connectivity index is 1.74. The predicted molar refractivity (Wildman–Crippen MR) is 78.7 cm³/mol. The van der Waals surface area contributed by atoms with Crippen molar-refractivity contribution in [2.45, 2.75) is 26.2 Å². The first-order valence-corrected chi connectivity index (χ1v) is 7.94. The molecule has 0 aliphatic heterocycles. The summed E-state index contributed by atoms with van der Waals surface area (Å²) in [5, 5.41) is 2.59. The fraction of sp³-hybridized carbons (Fsp3) is 0.467. The molecule has 0 radical (unpaired) electrons. The molecule has 0 aromatic carbocycles. The zero-order valence-corrected chi connectivity index (χ0v) is 12.4. The number of thiazole rings is 1. The van der Waals surface area contributed by atoms with Crippen LogP contribution in [0, 0.1) is 5.92 Å². The molecular weight excluding hydrogens is 272 g/mol. The summed E-state index contributed by atoms with van der Waals surface area (Å²) in [5.74, 6) is 1.47. The number of amides is 1. The lowest BCUT2D eigenvalue weighted by atomic mass is 10.3. The lowest BCUT2D eigenvalue weighted by Crippen LogP contribution is -2.33. The van der Waals surface area contributed by atoms with Crippen molar-refractivity contribution in [3.8, 4) is 10.8 Å². The highest BCUT2D eigenvalue weighted by atomic mass is 32.1. The normalized spacial score (nSPS) is 14.4. The van der Waals surface area contributed by atoms with E-state index >= 15 is 0 Å². The van der Waals surface area contributed by atoms with Crippen LogP contribution in [-0.2, 0) is 0 Å².